The molecule has 1 aromatic heterocycles. The summed E-state index contributed by atoms with van der Waals surface area (Å²) in [6, 6.07) is 0. The highest BCUT2D eigenvalue weighted by molar-refractivity contribution is 9.10. The van der Waals surface area contributed by atoms with Gasteiger partial charge in [0, 0.05) is 7.05 Å². The second kappa shape index (κ2) is 3.59. The molecule has 5 nitrogen and oxygen atoms in total. The molecule has 0 spiro atoms. The normalized spacial score (nSPS) is 19.3. The van der Waals surface area contributed by atoms with Gasteiger partial charge in [0.05, 0.1) is 5.69 Å². The van der Waals surface area contributed by atoms with Crippen molar-refractivity contribution in [2.75, 3.05) is 0 Å². The van der Waals surface area contributed by atoms with E-state index in [1.807, 2.05) is 0 Å². The molecule has 0 unspecified atom stereocenters. The average Bonchev–Trinajstić information content (AvgIpc) is 2.74. The van der Waals surface area contributed by atoms with Crippen LogP contribution < -0.4 is 0 Å². The molecule has 1 heterocycles. The largest absolute Gasteiger partial charge is 0.481 e. The van der Waals surface area contributed by atoms with Crippen molar-refractivity contribution >= 4 is 21.9 Å². The number of nitrogens with zero attached hydrogens (tertiary/aromatic N) is 3. The van der Waals surface area contributed by atoms with Gasteiger partial charge in [-0.1, -0.05) is 18.1 Å². The van der Waals surface area contributed by atoms with Gasteiger partial charge in [0.15, 0.2) is 4.60 Å². The minimum Gasteiger partial charge on any atom is -0.481 e. The highest BCUT2D eigenvalue weighted by Gasteiger charge is 2.46. The Kier molecular flexibility index (Phi) is 2.54. The standard InChI is InChI=1S/C9H12BrN3O2/c1-13-6(7(10)11-12-13)9(8(14)15)4-2-3-5-9/h2-5H2,1H3,(H,14,15). The van der Waals surface area contributed by atoms with E-state index < -0.39 is 11.4 Å². The molecule has 6 heteroatoms. The molecule has 0 radical (unpaired) electrons. The van der Waals surface area contributed by atoms with E-state index >= 15 is 0 Å². The van der Waals surface area contributed by atoms with Crippen LogP contribution >= 0.6 is 15.9 Å². The lowest BCUT2D eigenvalue weighted by Crippen LogP contribution is -2.35. The lowest BCUT2D eigenvalue weighted by Gasteiger charge is -2.23. The fourth-order valence-electron chi connectivity index (χ4n) is 2.37. The van der Waals surface area contributed by atoms with Crippen LogP contribution in [0.25, 0.3) is 0 Å². The smallest absolute Gasteiger partial charge is 0.315 e. The number of rotatable bonds is 2. The molecule has 0 aliphatic heterocycles. The van der Waals surface area contributed by atoms with Crippen LogP contribution in [-0.4, -0.2) is 26.1 Å². The average molecular weight is 274 g/mol. The van der Waals surface area contributed by atoms with Crippen LogP contribution in [-0.2, 0) is 17.3 Å². The van der Waals surface area contributed by atoms with E-state index in [2.05, 4.69) is 26.2 Å². The van der Waals surface area contributed by atoms with Crippen LogP contribution in [0.5, 0.6) is 0 Å². The first kappa shape index (κ1) is 10.6. The van der Waals surface area contributed by atoms with Crippen molar-refractivity contribution in [3.63, 3.8) is 0 Å². The fraction of sp³-hybridized carbons (Fsp3) is 0.667. The highest BCUT2D eigenvalue weighted by atomic mass is 79.9. The molecule has 15 heavy (non-hydrogen) atoms. The number of carbonyl (C=O) groups is 1. The second-order valence-corrected chi connectivity index (χ2v) is 4.70. The van der Waals surface area contributed by atoms with Crippen molar-refractivity contribution in [1.82, 2.24) is 15.0 Å². The summed E-state index contributed by atoms with van der Waals surface area (Å²) in [4.78, 5) is 11.4. The van der Waals surface area contributed by atoms with Gasteiger partial charge in [0.25, 0.3) is 0 Å². The molecule has 2 rings (SSSR count). The number of aryl methyl sites for hydroxylation is 1. The van der Waals surface area contributed by atoms with E-state index in [0.29, 0.717) is 23.1 Å². The number of carboxylic acid groups (broad SMARTS) is 1. The highest BCUT2D eigenvalue weighted by Crippen LogP contribution is 2.43. The maximum absolute atomic E-state index is 11.4. The Morgan fingerprint density at radius 3 is 2.53 bits per heavy atom. The minimum atomic E-state index is -0.795. The molecule has 0 bridgehead atoms. The first-order valence-electron chi connectivity index (χ1n) is 4.87. The van der Waals surface area contributed by atoms with Crippen molar-refractivity contribution in [2.24, 2.45) is 7.05 Å². The van der Waals surface area contributed by atoms with Gasteiger partial charge in [-0.2, -0.15) is 0 Å². The maximum Gasteiger partial charge on any atom is 0.315 e. The number of aromatic nitrogens is 3. The summed E-state index contributed by atoms with van der Waals surface area (Å²) in [7, 11) is 1.73. The molecule has 0 aromatic carbocycles. The summed E-state index contributed by atoms with van der Waals surface area (Å²) in [5.41, 5.74) is -0.107. The first-order chi connectivity index (χ1) is 7.08. The van der Waals surface area contributed by atoms with E-state index in [4.69, 9.17) is 0 Å². The van der Waals surface area contributed by atoms with Crippen molar-refractivity contribution in [3.05, 3.63) is 10.3 Å². The van der Waals surface area contributed by atoms with Crippen molar-refractivity contribution < 1.29 is 9.90 Å². The number of halogens is 1. The molecule has 0 saturated heterocycles. The number of aliphatic carboxylic acids is 1. The van der Waals surface area contributed by atoms with E-state index in [-0.39, 0.29) is 0 Å². The molecule has 1 N–H and O–H groups in total. The monoisotopic (exact) mass is 273 g/mol. The van der Waals surface area contributed by atoms with Crippen LogP contribution in [0.15, 0.2) is 4.60 Å². The fourth-order valence-corrected chi connectivity index (χ4v) is 3.08. The van der Waals surface area contributed by atoms with E-state index in [0.717, 1.165) is 12.8 Å². The lowest BCUT2D eigenvalue weighted by molar-refractivity contribution is -0.144. The molecule has 1 saturated carbocycles. The van der Waals surface area contributed by atoms with Gasteiger partial charge in [-0.05, 0) is 28.8 Å². The summed E-state index contributed by atoms with van der Waals surface area (Å²) >= 11 is 3.27. The van der Waals surface area contributed by atoms with Crippen LogP contribution in [0.2, 0.25) is 0 Å². The molecular formula is C9H12BrN3O2. The molecular weight excluding hydrogens is 262 g/mol. The number of carboxylic acids is 1. The lowest BCUT2D eigenvalue weighted by atomic mass is 9.83. The third kappa shape index (κ3) is 1.47. The second-order valence-electron chi connectivity index (χ2n) is 3.95. The van der Waals surface area contributed by atoms with Crippen LogP contribution in [0, 0.1) is 0 Å². The first-order valence-corrected chi connectivity index (χ1v) is 5.66. The van der Waals surface area contributed by atoms with Crippen LogP contribution in [0.3, 0.4) is 0 Å². The summed E-state index contributed by atoms with van der Waals surface area (Å²) in [5, 5.41) is 17.1. The zero-order valence-corrected chi connectivity index (χ0v) is 9.99. The van der Waals surface area contributed by atoms with Crippen LogP contribution in [0.4, 0.5) is 0 Å². The summed E-state index contributed by atoms with van der Waals surface area (Å²) in [5.74, 6) is -0.772. The molecule has 0 amide bonds. The molecule has 1 aliphatic rings. The Morgan fingerprint density at radius 2 is 2.13 bits per heavy atom. The third-order valence-corrected chi connectivity index (χ3v) is 3.64. The maximum atomic E-state index is 11.4. The third-order valence-electron chi connectivity index (χ3n) is 3.11. The Balaban J connectivity index is 2.54. The Morgan fingerprint density at radius 1 is 1.53 bits per heavy atom. The van der Waals surface area contributed by atoms with Gasteiger partial charge in [-0.3, -0.25) is 9.48 Å². The SMILES string of the molecule is Cn1nnc(Br)c1C1(C(=O)O)CCCC1. The van der Waals surface area contributed by atoms with Gasteiger partial charge in [0.1, 0.15) is 5.41 Å². The minimum absolute atomic E-state index is 0.550. The Labute approximate surface area is 95.6 Å². The summed E-state index contributed by atoms with van der Waals surface area (Å²) in [6.07, 6.45) is 3.23. The van der Waals surface area contributed by atoms with E-state index in [1.165, 1.54) is 0 Å². The van der Waals surface area contributed by atoms with E-state index in [9.17, 15) is 9.90 Å². The number of hydrogen-bond donors (Lipinski definition) is 1. The van der Waals surface area contributed by atoms with Gasteiger partial charge in [-0.25, -0.2) is 0 Å². The van der Waals surface area contributed by atoms with Crippen molar-refractivity contribution in [3.8, 4) is 0 Å². The zero-order chi connectivity index (χ0) is 11.1. The van der Waals surface area contributed by atoms with E-state index in [1.54, 1.807) is 11.7 Å². The Bertz CT molecular complexity index is 377. The van der Waals surface area contributed by atoms with Crippen molar-refractivity contribution in [2.45, 2.75) is 31.1 Å². The molecule has 1 aliphatic carbocycles. The zero-order valence-electron chi connectivity index (χ0n) is 8.40. The molecule has 82 valence electrons. The molecule has 0 atom stereocenters. The number of hydrogen-bond acceptors (Lipinski definition) is 3. The van der Waals surface area contributed by atoms with Gasteiger partial charge in [-0.15, -0.1) is 5.10 Å². The summed E-state index contributed by atoms with van der Waals surface area (Å²) in [6.45, 7) is 0. The summed E-state index contributed by atoms with van der Waals surface area (Å²) < 4.78 is 2.11. The topological polar surface area (TPSA) is 68.0 Å². The van der Waals surface area contributed by atoms with Crippen LogP contribution in [0.1, 0.15) is 31.4 Å². The van der Waals surface area contributed by atoms with Gasteiger partial charge >= 0.3 is 5.97 Å². The van der Waals surface area contributed by atoms with Crippen molar-refractivity contribution in [1.29, 1.82) is 0 Å². The van der Waals surface area contributed by atoms with Gasteiger partial charge < -0.3 is 5.11 Å². The predicted molar refractivity (Wildman–Crippen MR) is 56.5 cm³/mol. The molecule has 1 aromatic rings. The van der Waals surface area contributed by atoms with Gasteiger partial charge in [0.2, 0.25) is 0 Å². The predicted octanol–water partition coefficient (Wildman–Crippen LogP) is 1.47. The quantitative estimate of drug-likeness (QED) is 0.886. The molecule has 1 fully saturated rings. The Hall–Kier alpha value is -0.910.